The van der Waals surface area contributed by atoms with Crippen LogP contribution in [0.15, 0.2) is 0 Å². The van der Waals surface area contributed by atoms with Gasteiger partial charge in [-0.1, -0.05) is 0 Å². The van der Waals surface area contributed by atoms with E-state index < -0.39 is 0 Å². The van der Waals surface area contributed by atoms with Crippen LogP contribution < -0.4 is 0 Å². The number of likely N-dealkylation sites (N-methyl/N-ethyl adjacent to an activating group) is 1. The summed E-state index contributed by atoms with van der Waals surface area (Å²) in [5, 5.41) is 0. The molecule has 0 aromatic carbocycles. The van der Waals surface area contributed by atoms with Crippen LogP contribution in [0, 0.1) is 7.05 Å². The standard InChI is InChI=1S/C9H20N3/c1-10(2)4-7-12-8-5-11(3)6-9-12/h3-9H2,1-2H3. The SMILES string of the molecule is [CH2]N1CCN(CCN(C)C)CC1. The highest BCUT2D eigenvalue weighted by molar-refractivity contribution is 4.71. The molecule has 0 aromatic heterocycles. The number of nitrogens with zero attached hydrogens (tertiary/aromatic N) is 3. The van der Waals surface area contributed by atoms with E-state index in [1.807, 2.05) is 0 Å². The lowest BCUT2D eigenvalue weighted by molar-refractivity contribution is 0.156. The first-order valence-corrected chi connectivity index (χ1v) is 4.61. The fourth-order valence-electron chi connectivity index (χ4n) is 1.35. The molecular formula is C9H20N3. The largest absolute Gasteiger partial charge is 0.308 e. The molecule has 0 saturated carbocycles. The topological polar surface area (TPSA) is 9.72 Å². The minimum Gasteiger partial charge on any atom is -0.308 e. The smallest absolute Gasteiger partial charge is 0.0110 e. The van der Waals surface area contributed by atoms with Crippen molar-refractivity contribution in [3.63, 3.8) is 0 Å². The molecule has 1 saturated heterocycles. The zero-order valence-corrected chi connectivity index (χ0v) is 8.29. The maximum absolute atomic E-state index is 3.92. The Bertz CT molecular complexity index is 117. The fourth-order valence-corrected chi connectivity index (χ4v) is 1.35. The Balaban J connectivity index is 2.09. The van der Waals surface area contributed by atoms with Crippen molar-refractivity contribution in [1.82, 2.24) is 14.7 Å². The van der Waals surface area contributed by atoms with Crippen molar-refractivity contribution in [3.05, 3.63) is 7.05 Å². The summed E-state index contributed by atoms with van der Waals surface area (Å²) >= 11 is 0. The highest BCUT2D eigenvalue weighted by Crippen LogP contribution is 1.98. The summed E-state index contributed by atoms with van der Waals surface area (Å²) in [7, 11) is 8.17. The molecule has 0 unspecified atom stereocenters. The monoisotopic (exact) mass is 170 g/mol. The number of piperazine rings is 1. The Morgan fingerprint density at radius 2 is 1.75 bits per heavy atom. The molecule has 0 N–H and O–H groups in total. The quantitative estimate of drug-likeness (QED) is 0.588. The molecule has 1 radical (unpaired) electrons. The summed E-state index contributed by atoms with van der Waals surface area (Å²) in [6, 6.07) is 0. The molecule has 71 valence electrons. The number of hydrogen-bond acceptors (Lipinski definition) is 3. The third-order valence-corrected chi connectivity index (χ3v) is 2.33. The van der Waals surface area contributed by atoms with Gasteiger partial charge in [0, 0.05) is 46.3 Å². The Hall–Kier alpha value is -0.120. The van der Waals surface area contributed by atoms with E-state index in [4.69, 9.17) is 0 Å². The van der Waals surface area contributed by atoms with Crippen LogP contribution in [-0.4, -0.2) is 68.1 Å². The molecule has 0 aromatic rings. The maximum Gasteiger partial charge on any atom is 0.0110 e. The molecule has 0 aliphatic carbocycles. The maximum atomic E-state index is 3.92. The molecular weight excluding hydrogens is 150 g/mol. The Morgan fingerprint density at radius 3 is 2.25 bits per heavy atom. The summed E-state index contributed by atoms with van der Waals surface area (Å²) in [5.74, 6) is 0. The van der Waals surface area contributed by atoms with Crippen LogP contribution in [0.3, 0.4) is 0 Å². The summed E-state index contributed by atoms with van der Waals surface area (Å²) in [4.78, 5) is 6.88. The van der Waals surface area contributed by atoms with Gasteiger partial charge >= 0.3 is 0 Å². The summed E-state index contributed by atoms with van der Waals surface area (Å²) < 4.78 is 0. The molecule has 12 heavy (non-hydrogen) atoms. The lowest BCUT2D eigenvalue weighted by atomic mass is 10.3. The van der Waals surface area contributed by atoms with Gasteiger partial charge in [-0.15, -0.1) is 0 Å². The molecule has 1 rings (SSSR count). The Kier molecular flexibility index (Phi) is 3.98. The van der Waals surface area contributed by atoms with E-state index in [0.29, 0.717) is 0 Å². The number of hydrogen-bond donors (Lipinski definition) is 0. The molecule has 1 aliphatic rings. The molecule has 0 spiro atoms. The van der Waals surface area contributed by atoms with Crippen LogP contribution in [0.5, 0.6) is 0 Å². The molecule has 0 atom stereocenters. The van der Waals surface area contributed by atoms with Gasteiger partial charge in [0.1, 0.15) is 0 Å². The van der Waals surface area contributed by atoms with E-state index in [-0.39, 0.29) is 0 Å². The fraction of sp³-hybridized carbons (Fsp3) is 0.889. The normalized spacial score (nSPS) is 22.0. The van der Waals surface area contributed by atoms with Crippen molar-refractivity contribution in [2.45, 2.75) is 0 Å². The van der Waals surface area contributed by atoms with Crippen LogP contribution in [0.2, 0.25) is 0 Å². The molecule has 1 aliphatic heterocycles. The van der Waals surface area contributed by atoms with Crippen molar-refractivity contribution in [3.8, 4) is 0 Å². The molecule has 1 heterocycles. The van der Waals surface area contributed by atoms with E-state index in [1.165, 1.54) is 19.6 Å². The highest BCUT2D eigenvalue weighted by Gasteiger charge is 2.12. The van der Waals surface area contributed by atoms with E-state index >= 15 is 0 Å². The zero-order chi connectivity index (χ0) is 8.97. The molecule has 0 bridgehead atoms. The van der Waals surface area contributed by atoms with Crippen LogP contribution in [0.25, 0.3) is 0 Å². The van der Waals surface area contributed by atoms with Gasteiger partial charge in [0.25, 0.3) is 0 Å². The third-order valence-electron chi connectivity index (χ3n) is 2.33. The lowest BCUT2D eigenvalue weighted by Gasteiger charge is -2.32. The van der Waals surface area contributed by atoms with Gasteiger partial charge in [0.2, 0.25) is 0 Å². The van der Waals surface area contributed by atoms with Crippen LogP contribution in [0.1, 0.15) is 0 Å². The van der Waals surface area contributed by atoms with E-state index in [2.05, 4.69) is 35.8 Å². The second kappa shape index (κ2) is 4.80. The zero-order valence-electron chi connectivity index (χ0n) is 8.29. The summed E-state index contributed by atoms with van der Waals surface area (Å²) in [5.41, 5.74) is 0. The average molecular weight is 170 g/mol. The van der Waals surface area contributed by atoms with Gasteiger partial charge in [-0.05, 0) is 14.1 Å². The Morgan fingerprint density at radius 1 is 1.17 bits per heavy atom. The predicted octanol–water partition coefficient (Wildman–Crippen LogP) is -0.0428. The number of rotatable bonds is 3. The molecule has 3 nitrogen and oxygen atoms in total. The molecule has 0 amide bonds. The van der Waals surface area contributed by atoms with Gasteiger partial charge in [0.15, 0.2) is 0 Å². The van der Waals surface area contributed by atoms with E-state index in [0.717, 1.165) is 19.6 Å². The highest BCUT2D eigenvalue weighted by atomic mass is 15.3. The summed E-state index contributed by atoms with van der Waals surface area (Å²) in [6.45, 7) is 6.95. The van der Waals surface area contributed by atoms with Gasteiger partial charge in [-0.25, -0.2) is 0 Å². The Labute approximate surface area is 75.9 Å². The van der Waals surface area contributed by atoms with E-state index in [1.54, 1.807) is 0 Å². The second-order valence-corrected chi connectivity index (χ2v) is 3.76. The molecule has 3 heteroatoms. The first-order chi connectivity index (χ1) is 5.68. The van der Waals surface area contributed by atoms with Crippen LogP contribution in [0.4, 0.5) is 0 Å². The van der Waals surface area contributed by atoms with Crippen LogP contribution in [-0.2, 0) is 0 Å². The van der Waals surface area contributed by atoms with Crippen molar-refractivity contribution >= 4 is 0 Å². The first-order valence-electron chi connectivity index (χ1n) is 4.61. The van der Waals surface area contributed by atoms with Gasteiger partial charge < -0.3 is 4.90 Å². The lowest BCUT2D eigenvalue weighted by Crippen LogP contribution is -2.45. The third kappa shape index (κ3) is 3.52. The van der Waals surface area contributed by atoms with E-state index in [9.17, 15) is 0 Å². The van der Waals surface area contributed by atoms with Crippen molar-refractivity contribution in [2.75, 3.05) is 53.4 Å². The minimum atomic E-state index is 1.12. The molecule has 1 fully saturated rings. The van der Waals surface area contributed by atoms with Gasteiger partial charge in [0.05, 0.1) is 0 Å². The van der Waals surface area contributed by atoms with Gasteiger partial charge in [-0.2, -0.15) is 0 Å². The van der Waals surface area contributed by atoms with Gasteiger partial charge in [-0.3, -0.25) is 9.80 Å². The van der Waals surface area contributed by atoms with Crippen molar-refractivity contribution < 1.29 is 0 Å². The minimum absolute atomic E-state index is 1.12. The van der Waals surface area contributed by atoms with Crippen molar-refractivity contribution in [1.29, 1.82) is 0 Å². The van der Waals surface area contributed by atoms with Crippen molar-refractivity contribution in [2.24, 2.45) is 0 Å². The first kappa shape index (κ1) is 9.96. The average Bonchev–Trinajstić information content (AvgIpc) is 2.03. The summed E-state index contributed by atoms with van der Waals surface area (Å²) in [6.07, 6.45) is 0. The predicted molar refractivity (Wildman–Crippen MR) is 51.9 cm³/mol. The second-order valence-electron chi connectivity index (χ2n) is 3.76. The van der Waals surface area contributed by atoms with Crippen LogP contribution >= 0.6 is 0 Å².